The number of rotatable bonds is 5. The van der Waals surface area contributed by atoms with E-state index in [9.17, 15) is 4.79 Å². The van der Waals surface area contributed by atoms with Gasteiger partial charge in [-0.15, -0.1) is 11.8 Å². The molecule has 0 aliphatic carbocycles. The summed E-state index contributed by atoms with van der Waals surface area (Å²) in [7, 11) is 4.78. The third kappa shape index (κ3) is 3.61. The molecule has 0 saturated carbocycles. The number of aromatic nitrogens is 1. The van der Waals surface area contributed by atoms with Crippen LogP contribution in [0, 0.1) is 0 Å². The smallest absolute Gasteiger partial charge is 0.256 e. The van der Waals surface area contributed by atoms with Crippen LogP contribution in [-0.4, -0.2) is 49.4 Å². The standard InChI is InChI=1S/C18H19BrN2O4S/c1-23-14-8-16(25-3)15(24-2)7-13(14)18-21(4-5-26-18)17(22)11-6-12(19)10-20-9-11/h6-10,18H,4-5H2,1-3H3. The molecule has 1 aromatic heterocycles. The van der Waals surface area contributed by atoms with Crippen LogP contribution in [0.15, 0.2) is 35.1 Å². The fourth-order valence-corrected chi connectivity index (χ4v) is 4.51. The van der Waals surface area contributed by atoms with E-state index in [0.29, 0.717) is 29.4 Å². The largest absolute Gasteiger partial charge is 0.496 e. The molecule has 1 atom stereocenters. The molecule has 1 aliphatic heterocycles. The Balaban J connectivity index is 1.98. The normalized spacial score (nSPS) is 16.5. The van der Waals surface area contributed by atoms with Crippen LogP contribution in [0.2, 0.25) is 0 Å². The lowest BCUT2D eigenvalue weighted by Gasteiger charge is -2.26. The van der Waals surface area contributed by atoms with Crippen molar-refractivity contribution in [3.63, 3.8) is 0 Å². The highest BCUT2D eigenvalue weighted by atomic mass is 79.9. The van der Waals surface area contributed by atoms with Crippen molar-refractivity contribution >= 4 is 33.6 Å². The molecule has 3 rings (SSSR count). The molecular weight excluding hydrogens is 420 g/mol. The predicted molar refractivity (Wildman–Crippen MR) is 104 cm³/mol. The molecule has 8 heteroatoms. The van der Waals surface area contributed by atoms with Crippen molar-refractivity contribution in [3.8, 4) is 17.2 Å². The minimum atomic E-state index is -0.170. The van der Waals surface area contributed by atoms with Gasteiger partial charge in [0.05, 0.1) is 26.9 Å². The first kappa shape index (κ1) is 18.8. The van der Waals surface area contributed by atoms with Gasteiger partial charge in [0, 0.05) is 40.8 Å². The summed E-state index contributed by atoms with van der Waals surface area (Å²) in [6.45, 7) is 0.651. The van der Waals surface area contributed by atoms with Crippen molar-refractivity contribution in [1.82, 2.24) is 9.88 Å². The maximum absolute atomic E-state index is 13.0. The van der Waals surface area contributed by atoms with E-state index in [4.69, 9.17) is 14.2 Å². The van der Waals surface area contributed by atoms with E-state index in [-0.39, 0.29) is 11.3 Å². The zero-order valence-electron chi connectivity index (χ0n) is 14.7. The van der Waals surface area contributed by atoms with Gasteiger partial charge in [-0.25, -0.2) is 0 Å². The highest BCUT2D eigenvalue weighted by Gasteiger charge is 2.34. The Kier molecular flexibility index (Phi) is 5.93. The van der Waals surface area contributed by atoms with Gasteiger partial charge in [0.15, 0.2) is 11.5 Å². The number of halogens is 1. The number of thioether (sulfide) groups is 1. The number of benzene rings is 1. The molecule has 1 aliphatic rings. The van der Waals surface area contributed by atoms with Gasteiger partial charge in [-0.2, -0.15) is 0 Å². The third-order valence-electron chi connectivity index (χ3n) is 4.11. The van der Waals surface area contributed by atoms with Gasteiger partial charge in [-0.05, 0) is 28.1 Å². The number of hydrogen-bond donors (Lipinski definition) is 0. The summed E-state index contributed by atoms with van der Waals surface area (Å²) < 4.78 is 17.1. The van der Waals surface area contributed by atoms with Crippen LogP contribution in [0.25, 0.3) is 0 Å². The second kappa shape index (κ2) is 8.18. The van der Waals surface area contributed by atoms with E-state index in [1.54, 1.807) is 57.6 Å². The van der Waals surface area contributed by atoms with Gasteiger partial charge < -0.3 is 19.1 Å². The zero-order chi connectivity index (χ0) is 18.7. The Morgan fingerprint density at radius 2 is 1.81 bits per heavy atom. The first-order valence-electron chi connectivity index (χ1n) is 7.92. The van der Waals surface area contributed by atoms with Crippen LogP contribution >= 0.6 is 27.7 Å². The van der Waals surface area contributed by atoms with Gasteiger partial charge in [0.2, 0.25) is 0 Å². The van der Waals surface area contributed by atoms with E-state index in [1.165, 1.54) is 0 Å². The molecule has 1 aromatic carbocycles. The molecule has 1 unspecified atom stereocenters. The molecule has 26 heavy (non-hydrogen) atoms. The number of ether oxygens (including phenoxy) is 3. The lowest BCUT2D eigenvalue weighted by molar-refractivity contribution is 0.0758. The van der Waals surface area contributed by atoms with Crippen LogP contribution in [0.3, 0.4) is 0 Å². The maximum Gasteiger partial charge on any atom is 0.256 e. The summed E-state index contributed by atoms with van der Waals surface area (Å²) in [6.07, 6.45) is 3.24. The zero-order valence-corrected chi connectivity index (χ0v) is 17.1. The Morgan fingerprint density at radius 3 is 2.46 bits per heavy atom. The Hall–Kier alpha value is -1.93. The minimum absolute atomic E-state index is 0.0642. The SMILES string of the molecule is COc1cc(OC)c(C2SCCN2C(=O)c2cncc(Br)c2)cc1OC. The Labute approximate surface area is 165 Å². The van der Waals surface area contributed by atoms with Crippen LogP contribution in [0.1, 0.15) is 21.3 Å². The van der Waals surface area contributed by atoms with Crippen LogP contribution in [-0.2, 0) is 0 Å². The van der Waals surface area contributed by atoms with E-state index in [0.717, 1.165) is 15.8 Å². The molecule has 1 saturated heterocycles. The number of hydrogen-bond acceptors (Lipinski definition) is 6. The molecule has 0 radical (unpaired) electrons. The summed E-state index contributed by atoms with van der Waals surface area (Å²) in [4.78, 5) is 18.9. The van der Waals surface area contributed by atoms with E-state index >= 15 is 0 Å². The second-order valence-electron chi connectivity index (χ2n) is 5.56. The first-order valence-corrected chi connectivity index (χ1v) is 9.76. The summed E-state index contributed by atoms with van der Waals surface area (Å²) in [5, 5.41) is -0.170. The highest BCUT2D eigenvalue weighted by molar-refractivity contribution is 9.10. The number of amides is 1. The molecule has 0 spiro atoms. The van der Waals surface area contributed by atoms with Crippen LogP contribution in [0.5, 0.6) is 17.2 Å². The number of nitrogens with zero attached hydrogens (tertiary/aromatic N) is 2. The molecular formula is C18H19BrN2O4S. The first-order chi connectivity index (χ1) is 12.6. The average Bonchev–Trinajstić information content (AvgIpc) is 3.15. The Bertz CT molecular complexity index is 818. The monoisotopic (exact) mass is 438 g/mol. The second-order valence-corrected chi connectivity index (χ2v) is 7.67. The lowest BCUT2D eigenvalue weighted by Crippen LogP contribution is -2.30. The molecule has 1 amide bonds. The van der Waals surface area contributed by atoms with Gasteiger partial charge in [0.1, 0.15) is 11.1 Å². The Morgan fingerprint density at radius 1 is 1.12 bits per heavy atom. The summed E-state index contributed by atoms with van der Waals surface area (Å²) >= 11 is 5.06. The molecule has 1 fully saturated rings. The number of carbonyl (C=O) groups excluding carboxylic acids is 1. The van der Waals surface area contributed by atoms with E-state index < -0.39 is 0 Å². The molecule has 138 valence electrons. The van der Waals surface area contributed by atoms with Crippen molar-refractivity contribution < 1.29 is 19.0 Å². The van der Waals surface area contributed by atoms with Gasteiger partial charge in [-0.1, -0.05) is 0 Å². The van der Waals surface area contributed by atoms with Gasteiger partial charge >= 0.3 is 0 Å². The molecule has 2 aromatic rings. The number of carbonyl (C=O) groups is 1. The van der Waals surface area contributed by atoms with E-state index in [2.05, 4.69) is 20.9 Å². The predicted octanol–water partition coefficient (Wildman–Crippen LogP) is 3.76. The van der Waals surface area contributed by atoms with E-state index in [1.807, 2.05) is 11.0 Å². The summed E-state index contributed by atoms with van der Waals surface area (Å²) in [5.74, 6) is 2.63. The fourth-order valence-electron chi connectivity index (χ4n) is 2.88. The minimum Gasteiger partial charge on any atom is -0.496 e. The fraction of sp³-hybridized carbons (Fsp3) is 0.333. The van der Waals surface area contributed by atoms with Crippen LogP contribution < -0.4 is 14.2 Å². The summed E-state index contributed by atoms with van der Waals surface area (Å²) in [6, 6.07) is 5.44. The van der Waals surface area contributed by atoms with Crippen molar-refractivity contribution in [3.05, 3.63) is 46.2 Å². The molecule has 0 N–H and O–H groups in total. The van der Waals surface area contributed by atoms with Crippen molar-refractivity contribution in [2.45, 2.75) is 5.37 Å². The summed E-state index contributed by atoms with van der Waals surface area (Å²) in [5.41, 5.74) is 1.43. The topological polar surface area (TPSA) is 60.9 Å². The van der Waals surface area contributed by atoms with Crippen molar-refractivity contribution in [2.75, 3.05) is 33.6 Å². The van der Waals surface area contributed by atoms with Gasteiger partial charge in [0.25, 0.3) is 5.91 Å². The average molecular weight is 439 g/mol. The quantitative estimate of drug-likeness (QED) is 0.707. The number of pyridine rings is 1. The highest BCUT2D eigenvalue weighted by Crippen LogP contribution is 2.46. The van der Waals surface area contributed by atoms with Crippen LogP contribution in [0.4, 0.5) is 0 Å². The van der Waals surface area contributed by atoms with Crippen molar-refractivity contribution in [2.24, 2.45) is 0 Å². The molecule has 0 bridgehead atoms. The molecule has 6 nitrogen and oxygen atoms in total. The number of methoxy groups -OCH3 is 3. The van der Waals surface area contributed by atoms with Gasteiger partial charge in [-0.3, -0.25) is 9.78 Å². The van der Waals surface area contributed by atoms with Crippen molar-refractivity contribution in [1.29, 1.82) is 0 Å². The third-order valence-corrected chi connectivity index (χ3v) is 5.78. The molecule has 2 heterocycles. The lowest BCUT2D eigenvalue weighted by atomic mass is 10.1. The maximum atomic E-state index is 13.0.